The van der Waals surface area contributed by atoms with Crippen LogP contribution in [0.2, 0.25) is 0 Å². The van der Waals surface area contributed by atoms with Gasteiger partial charge in [-0.1, -0.05) is 18.9 Å². The van der Waals surface area contributed by atoms with Gasteiger partial charge >= 0.3 is 0 Å². The molecule has 0 bridgehead atoms. The predicted molar refractivity (Wildman–Crippen MR) is 127 cm³/mol. The topological polar surface area (TPSA) is 68.0 Å². The molecule has 1 aliphatic heterocycles. The van der Waals surface area contributed by atoms with E-state index in [1.165, 1.54) is 32.1 Å². The van der Waals surface area contributed by atoms with Crippen molar-refractivity contribution in [2.75, 3.05) is 27.3 Å². The minimum absolute atomic E-state index is 0.0986. The van der Waals surface area contributed by atoms with Crippen LogP contribution in [0.3, 0.4) is 0 Å². The second-order valence-electron chi connectivity index (χ2n) is 9.81. The molecule has 2 saturated carbocycles. The van der Waals surface area contributed by atoms with Crippen molar-refractivity contribution < 1.29 is 14.3 Å². The standard InChI is InChI=1S/C26H41N3O3/c1-31-22-14-11-20(25(17-22)32-2)18-29(21-12-13-21)24(10-5-15-27)26(30)28-16-6-8-19-7-3-4-9-23(19)28/h11,14,17,19,21,23-24H,3-10,12-13,15-16,18,27H2,1-2H3/t19-,23+,24-/m1/s1. The highest BCUT2D eigenvalue weighted by Gasteiger charge is 2.42. The summed E-state index contributed by atoms with van der Waals surface area (Å²) in [4.78, 5) is 18.8. The molecule has 0 aromatic heterocycles. The zero-order valence-electron chi connectivity index (χ0n) is 19.9. The fraction of sp³-hybridized carbons (Fsp3) is 0.731. The number of piperidine rings is 1. The number of hydrogen-bond acceptors (Lipinski definition) is 5. The van der Waals surface area contributed by atoms with Crippen LogP contribution in [0.25, 0.3) is 0 Å². The maximum Gasteiger partial charge on any atom is 0.240 e. The van der Waals surface area contributed by atoms with Crippen molar-refractivity contribution in [3.63, 3.8) is 0 Å². The van der Waals surface area contributed by atoms with Gasteiger partial charge in [0.2, 0.25) is 5.91 Å². The largest absolute Gasteiger partial charge is 0.497 e. The molecule has 1 aromatic carbocycles. The van der Waals surface area contributed by atoms with Gasteiger partial charge < -0.3 is 20.1 Å². The van der Waals surface area contributed by atoms with Gasteiger partial charge in [-0.05, 0) is 69.9 Å². The van der Waals surface area contributed by atoms with Crippen molar-refractivity contribution in [3.8, 4) is 11.5 Å². The van der Waals surface area contributed by atoms with Gasteiger partial charge in [0.15, 0.2) is 0 Å². The van der Waals surface area contributed by atoms with Gasteiger partial charge in [0.25, 0.3) is 0 Å². The Hall–Kier alpha value is -1.79. The summed E-state index contributed by atoms with van der Waals surface area (Å²) < 4.78 is 11.1. The Morgan fingerprint density at radius 1 is 1.12 bits per heavy atom. The summed E-state index contributed by atoms with van der Waals surface area (Å²) in [6.45, 7) is 2.27. The molecule has 6 heteroatoms. The van der Waals surface area contributed by atoms with Gasteiger partial charge in [0.1, 0.15) is 11.5 Å². The van der Waals surface area contributed by atoms with Gasteiger partial charge in [-0.3, -0.25) is 9.69 Å². The summed E-state index contributed by atoms with van der Waals surface area (Å²) in [7, 11) is 3.37. The monoisotopic (exact) mass is 443 g/mol. The van der Waals surface area contributed by atoms with Crippen molar-refractivity contribution in [2.24, 2.45) is 11.7 Å². The van der Waals surface area contributed by atoms with E-state index in [2.05, 4.69) is 15.9 Å². The summed E-state index contributed by atoms with van der Waals surface area (Å²) in [5, 5.41) is 0. The van der Waals surface area contributed by atoms with Crippen LogP contribution in [0, 0.1) is 5.92 Å². The predicted octanol–water partition coefficient (Wildman–Crippen LogP) is 3.96. The van der Waals surface area contributed by atoms with Crippen molar-refractivity contribution in [1.82, 2.24) is 9.80 Å². The third kappa shape index (κ3) is 5.23. The van der Waals surface area contributed by atoms with E-state index in [1.54, 1.807) is 14.2 Å². The SMILES string of the molecule is COc1ccc(CN(C2CC2)[C@H](CCCN)C(=O)N2CCC[C@H]3CCCC[C@@H]32)c(OC)c1. The highest BCUT2D eigenvalue weighted by molar-refractivity contribution is 5.82. The number of hydrogen-bond donors (Lipinski definition) is 1. The van der Waals surface area contributed by atoms with E-state index in [0.717, 1.165) is 62.3 Å². The highest BCUT2D eigenvalue weighted by atomic mass is 16.5. The number of fused-ring (bicyclic) bond motifs is 1. The molecule has 2 N–H and O–H groups in total. The molecule has 0 radical (unpaired) electrons. The molecule has 1 amide bonds. The summed E-state index contributed by atoms with van der Waals surface area (Å²) >= 11 is 0. The van der Waals surface area contributed by atoms with E-state index in [4.69, 9.17) is 15.2 Å². The molecule has 32 heavy (non-hydrogen) atoms. The minimum Gasteiger partial charge on any atom is -0.497 e. The number of likely N-dealkylation sites (tertiary alicyclic amines) is 1. The van der Waals surface area contributed by atoms with Gasteiger partial charge in [0.05, 0.1) is 20.3 Å². The number of amides is 1. The lowest BCUT2D eigenvalue weighted by atomic mass is 9.78. The summed E-state index contributed by atoms with van der Waals surface area (Å²) in [6, 6.07) is 6.82. The average molecular weight is 444 g/mol. The Labute approximate surface area is 193 Å². The molecule has 1 aromatic rings. The quantitative estimate of drug-likeness (QED) is 0.593. The number of methoxy groups -OCH3 is 2. The van der Waals surface area contributed by atoms with Gasteiger partial charge in [-0.15, -0.1) is 0 Å². The summed E-state index contributed by atoms with van der Waals surface area (Å²) in [5.41, 5.74) is 7.02. The summed E-state index contributed by atoms with van der Waals surface area (Å²) in [5.74, 6) is 2.66. The van der Waals surface area contributed by atoms with Crippen LogP contribution in [0.1, 0.15) is 69.8 Å². The second-order valence-corrected chi connectivity index (χ2v) is 9.81. The first-order valence-electron chi connectivity index (χ1n) is 12.6. The van der Waals surface area contributed by atoms with Crippen molar-refractivity contribution >= 4 is 5.91 Å². The van der Waals surface area contributed by atoms with Crippen molar-refractivity contribution in [1.29, 1.82) is 0 Å². The van der Waals surface area contributed by atoms with Crippen LogP contribution in [-0.2, 0) is 11.3 Å². The third-order valence-electron chi connectivity index (χ3n) is 7.76. The molecule has 0 spiro atoms. The first kappa shape index (κ1) is 23.4. The zero-order chi connectivity index (χ0) is 22.5. The maximum atomic E-state index is 14.1. The molecular formula is C26H41N3O3. The smallest absolute Gasteiger partial charge is 0.240 e. The van der Waals surface area contributed by atoms with E-state index in [-0.39, 0.29) is 6.04 Å². The van der Waals surface area contributed by atoms with Crippen LogP contribution >= 0.6 is 0 Å². The molecule has 0 unspecified atom stereocenters. The van der Waals surface area contributed by atoms with Gasteiger partial charge in [-0.25, -0.2) is 0 Å². The van der Waals surface area contributed by atoms with E-state index in [1.807, 2.05) is 12.1 Å². The minimum atomic E-state index is -0.0986. The number of nitrogens with two attached hydrogens (primary N) is 1. The first-order chi connectivity index (χ1) is 15.7. The Bertz CT molecular complexity index is 765. The molecule has 3 fully saturated rings. The maximum absolute atomic E-state index is 14.1. The molecule has 1 heterocycles. The Morgan fingerprint density at radius 2 is 1.91 bits per heavy atom. The molecule has 1 saturated heterocycles. The van der Waals surface area contributed by atoms with Crippen LogP contribution in [-0.4, -0.2) is 61.1 Å². The lowest BCUT2D eigenvalue weighted by Crippen LogP contribution is -2.56. The van der Waals surface area contributed by atoms with Gasteiger partial charge in [0, 0.05) is 36.8 Å². The van der Waals surface area contributed by atoms with Crippen LogP contribution in [0.4, 0.5) is 0 Å². The van der Waals surface area contributed by atoms with Crippen molar-refractivity contribution in [3.05, 3.63) is 23.8 Å². The number of carbonyl (C=O) groups is 1. The molecule has 178 valence electrons. The molecule has 3 aliphatic rings. The van der Waals surface area contributed by atoms with Gasteiger partial charge in [-0.2, -0.15) is 0 Å². The number of nitrogens with zero attached hydrogens (tertiary/aromatic N) is 2. The molecule has 2 aliphatic carbocycles. The zero-order valence-corrected chi connectivity index (χ0v) is 19.9. The average Bonchev–Trinajstić information content (AvgIpc) is 3.68. The fourth-order valence-corrected chi connectivity index (χ4v) is 5.91. The first-order valence-corrected chi connectivity index (χ1v) is 12.6. The molecular weight excluding hydrogens is 402 g/mol. The van der Waals surface area contributed by atoms with E-state index >= 15 is 0 Å². The highest BCUT2D eigenvalue weighted by Crippen LogP contribution is 2.38. The van der Waals surface area contributed by atoms with E-state index in [9.17, 15) is 4.79 Å². The van der Waals surface area contributed by atoms with Crippen LogP contribution in [0.15, 0.2) is 18.2 Å². The number of carbonyl (C=O) groups excluding carboxylic acids is 1. The van der Waals surface area contributed by atoms with E-state index in [0.29, 0.717) is 30.5 Å². The van der Waals surface area contributed by atoms with Crippen LogP contribution in [0.5, 0.6) is 11.5 Å². The lowest BCUT2D eigenvalue weighted by Gasteiger charge is -2.46. The Balaban J connectivity index is 1.57. The summed E-state index contributed by atoms with van der Waals surface area (Å²) in [6.07, 6.45) is 11.5. The number of rotatable bonds is 10. The Morgan fingerprint density at radius 3 is 2.62 bits per heavy atom. The fourth-order valence-electron chi connectivity index (χ4n) is 5.91. The third-order valence-corrected chi connectivity index (χ3v) is 7.76. The normalized spacial score (nSPS) is 24.2. The number of benzene rings is 1. The molecule has 3 atom stereocenters. The molecule has 4 rings (SSSR count). The lowest BCUT2D eigenvalue weighted by molar-refractivity contribution is -0.144. The number of ether oxygens (including phenoxy) is 2. The van der Waals surface area contributed by atoms with E-state index < -0.39 is 0 Å². The Kier molecular flexibility index (Phi) is 7.95. The van der Waals surface area contributed by atoms with Crippen LogP contribution < -0.4 is 15.2 Å². The molecule has 6 nitrogen and oxygen atoms in total. The van der Waals surface area contributed by atoms with Crippen molar-refractivity contribution in [2.45, 2.75) is 88.9 Å². The second kappa shape index (κ2) is 10.9.